The van der Waals surface area contributed by atoms with Crippen LogP contribution >= 0.6 is 0 Å². The van der Waals surface area contributed by atoms with E-state index < -0.39 is 5.41 Å². The van der Waals surface area contributed by atoms with Crippen LogP contribution in [0.1, 0.15) is 22.3 Å². The molecule has 0 N–H and O–H groups in total. The number of hydrogen-bond donors (Lipinski definition) is 0. The van der Waals surface area contributed by atoms with Crippen molar-refractivity contribution in [2.45, 2.75) is 5.41 Å². The number of hydrogen-bond acceptors (Lipinski definition) is 0. The number of nitrogens with zero attached hydrogens (tertiary/aromatic N) is 1. The fourth-order valence-electron chi connectivity index (χ4n) is 4.41. The van der Waals surface area contributed by atoms with Gasteiger partial charge in [-0.05, 0) is 41.5 Å². The Labute approximate surface area is 187 Å². The summed E-state index contributed by atoms with van der Waals surface area (Å²) in [4.78, 5) is 0. The van der Waals surface area contributed by atoms with Crippen LogP contribution < -0.4 is 0 Å². The fourth-order valence-corrected chi connectivity index (χ4v) is 4.41. The lowest BCUT2D eigenvalue weighted by Crippen LogP contribution is -2.27. The smallest absolute Gasteiger partial charge is 0.123 e. The topological polar surface area (TPSA) is 4.93 Å². The van der Waals surface area contributed by atoms with E-state index in [4.69, 9.17) is 0 Å². The van der Waals surface area contributed by atoms with Gasteiger partial charge >= 0.3 is 0 Å². The molecule has 154 valence electrons. The number of para-hydroxylation sites is 1. The van der Waals surface area contributed by atoms with Crippen LogP contribution in [0.2, 0.25) is 0 Å². The molecule has 0 atom stereocenters. The van der Waals surface area contributed by atoms with Gasteiger partial charge < -0.3 is 4.57 Å². The van der Waals surface area contributed by atoms with E-state index >= 15 is 0 Å². The van der Waals surface area contributed by atoms with Crippen LogP contribution in [-0.2, 0) is 12.5 Å². The zero-order valence-corrected chi connectivity index (χ0v) is 17.8. The standard InChI is InChI=1S/C30H22FN/c1-32-22-28(27-14-8-9-15-29(27)32)30(24-10-4-2-5-11-24,25-12-6-3-7-13-25)21-20-23-16-18-26(31)19-17-23/h2-19,22H,1H3. The van der Waals surface area contributed by atoms with E-state index in [1.54, 1.807) is 12.1 Å². The van der Waals surface area contributed by atoms with Gasteiger partial charge in [-0.1, -0.05) is 90.7 Å². The molecule has 5 rings (SSSR count). The van der Waals surface area contributed by atoms with E-state index in [0.717, 1.165) is 33.2 Å². The van der Waals surface area contributed by atoms with E-state index in [-0.39, 0.29) is 5.82 Å². The fraction of sp³-hybridized carbons (Fsp3) is 0.0667. The molecular weight excluding hydrogens is 393 g/mol. The number of fused-ring (bicyclic) bond motifs is 1. The van der Waals surface area contributed by atoms with Crippen molar-refractivity contribution in [2.75, 3.05) is 0 Å². The molecule has 0 bridgehead atoms. The molecule has 2 heteroatoms. The predicted octanol–water partition coefficient (Wildman–Crippen LogP) is 6.70. The summed E-state index contributed by atoms with van der Waals surface area (Å²) in [5.41, 5.74) is 4.56. The summed E-state index contributed by atoms with van der Waals surface area (Å²) < 4.78 is 15.6. The van der Waals surface area contributed by atoms with Crippen LogP contribution in [0.25, 0.3) is 10.9 Å². The van der Waals surface area contributed by atoms with Crippen LogP contribution in [0.15, 0.2) is 115 Å². The maximum atomic E-state index is 13.5. The molecule has 1 nitrogen and oxygen atoms in total. The van der Waals surface area contributed by atoms with Gasteiger partial charge in [-0.15, -0.1) is 0 Å². The van der Waals surface area contributed by atoms with Crippen molar-refractivity contribution in [3.8, 4) is 11.8 Å². The first-order valence-corrected chi connectivity index (χ1v) is 10.6. The minimum atomic E-state index is -0.697. The van der Waals surface area contributed by atoms with Crippen molar-refractivity contribution in [3.63, 3.8) is 0 Å². The Bertz CT molecular complexity index is 1380. The summed E-state index contributed by atoms with van der Waals surface area (Å²) in [5, 5.41) is 1.16. The Morgan fingerprint density at radius 1 is 0.688 bits per heavy atom. The van der Waals surface area contributed by atoms with Gasteiger partial charge in [0.15, 0.2) is 0 Å². The molecule has 0 unspecified atom stereocenters. The molecule has 0 amide bonds. The summed E-state index contributed by atoms with van der Waals surface area (Å²) in [6.45, 7) is 0. The van der Waals surface area contributed by atoms with Crippen molar-refractivity contribution in [3.05, 3.63) is 143 Å². The average molecular weight is 416 g/mol. The lowest BCUT2D eigenvalue weighted by Gasteiger charge is -2.30. The molecule has 5 aromatic rings. The predicted molar refractivity (Wildman–Crippen MR) is 129 cm³/mol. The first-order valence-electron chi connectivity index (χ1n) is 10.6. The molecule has 0 radical (unpaired) electrons. The molecule has 0 aliphatic rings. The summed E-state index contributed by atoms with van der Waals surface area (Å²) >= 11 is 0. The van der Waals surface area contributed by atoms with Gasteiger partial charge in [0.25, 0.3) is 0 Å². The Balaban J connectivity index is 1.88. The van der Waals surface area contributed by atoms with Crippen LogP contribution in [0.3, 0.4) is 0 Å². The third kappa shape index (κ3) is 3.39. The van der Waals surface area contributed by atoms with Crippen LogP contribution in [0.5, 0.6) is 0 Å². The Hall–Kier alpha value is -4.09. The molecule has 1 aromatic heterocycles. The van der Waals surface area contributed by atoms with E-state index in [0.29, 0.717) is 0 Å². The van der Waals surface area contributed by atoms with Crippen molar-refractivity contribution >= 4 is 10.9 Å². The number of aryl methyl sites for hydroxylation is 1. The molecule has 0 aliphatic heterocycles. The van der Waals surface area contributed by atoms with Gasteiger partial charge in [0.1, 0.15) is 11.2 Å². The normalized spacial score (nSPS) is 11.2. The second-order valence-corrected chi connectivity index (χ2v) is 7.91. The summed E-state index contributed by atoms with van der Waals surface area (Å²) in [6, 6.07) is 35.6. The molecule has 0 spiro atoms. The number of rotatable bonds is 3. The zero-order chi connectivity index (χ0) is 22.0. The first kappa shape index (κ1) is 19.8. The highest BCUT2D eigenvalue weighted by molar-refractivity contribution is 5.88. The van der Waals surface area contributed by atoms with Gasteiger partial charge in [-0.3, -0.25) is 0 Å². The average Bonchev–Trinajstić information content (AvgIpc) is 3.19. The molecule has 0 saturated carbocycles. The highest BCUT2D eigenvalue weighted by Crippen LogP contribution is 2.42. The molecule has 0 saturated heterocycles. The monoisotopic (exact) mass is 415 g/mol. The van der Waals surface area contributed by atoms with Gasteiger partial charge in [0.2, 0.25) is 0 Å². The Morgan fingerprint density at radius 3 is 1.88 bits per heavy atom. The maximum Gasteiger partial charge on any atom is 0.123 e. The highest BCUT2D eigenvalue weighted by Gasteiger charge is 2.37. The second-order valence-electron chi connectivity index (χ2n) is 7.91. The maximum absolute atomic E-state index is 13.5. The summed E-state index contributed by atoms with van der Waals surface area (Å²) in [7, 11) is 2.07. The van der Waals surface area contributed by atoms with Gasteiger partial charge in [0, 0.05) is 35.3 Å². The first-order chi connectivity index (χ1) is 15.7. The lowest BCUT2D eigenvalue weighted by molar-refractivity contribution is 0.627. The largest absolute Gasteiger partial charge is 0.350 e. The number of aromatic nitrogens is 1. The number of benzene rings is 4. The summed E-state index contributed by atoms with van der Waals surface area (Å²) in [6.07, 6.45) is 2.18. The zero-order valence-electron chi connectivity index (χ0n) is 17.8. The molecular formula is C30H22FN. The Morgan fingerprint density at radius 2 is 1.25 bits per heavy atom. The molecule has 4 aromatic carbocycles. The lowest BCUT2D eigenvalue weighted by atomic mass is 9.69. The van der Waals surface area contributed by atoms with E-state index in [1.807, 2.05) is 12.1 Å². The van der Waals surface area contributed by atoms with E-state index in [1.165, 1.54) is 12.1 Å². The third-order valence-electron chi connectivity index (χ3n) is 5.95. The van der Waals surface area contributed by atoms with E-state index in [2.05, 4.69) is 102 Å². The minimum absolute atomic E-state index is 0.262. The van der Waals surface area contributed by atoms with Gasteiger partial charge in [-0.25, -0.2) is 4.39 Å². The molecule has 0 aliphatic carbocycles. The molecule has 0 fully saturated rings. The third-order valence-corrected chi connectivity index (χ3v) is 5.95. The Kier molecular flexibility index (Phi) is 5.09. The van der Waals surface area contributed by atoms with Crippen LogP contribution in [0, 0.1) is 17.7 Å². The van der Waals surface area contributed by atoms with Crippen molar-refractivity contribution in [1.82, 2.24) is 4.57 Å². The highest BCUT2D eigenvalue weighted by atomic mass is 19.1. The number of halogens is 1. The van der Waals surface area contributed by atoms with Gasteiger partial charge in [-0.2, -0.15) is 0 Å². The van der Waals surface area contributed by atoms with Crippen molar-refractivity contribution < 1.29 is 4.39 Å². The minimum Gasteiger partial charge on any atom is -0.350 e. The second kappa shape index (κ2) is 8.21. The quantitative estimate of drug-likeness (QED) is 0.289. The van der Waals surface area contributed by atoms with E-state index in [9.17, 15) is 4.39 Å². The van der Waals surface area contributed by atoms with Crippen molar-refractivity contribution in [2.24, 2.45) is 7.05 Å². The van der Waals surface area contributed by atoms with Crippen molar-refractivity contribution in [1.29, 1.82) is 0 Å². The molecule has 32 heavy (non-hydrogen) atoms. The molecule has 1 heterocycles. The SMILES string of the molecule is Cn1cc(C(C#Cc2ccc(F)cc2)(c2ccccc2)c2ccccc2)c2ccccc21. The van der Waals surface area contributed by atoms with Crippen LogP contribution in [0.4, 0.5) is 4.39 Å². The summed E-state index contributed by atoms with van der Waals surface area (Å²) in [5.74, 6) is 6.73. The van der Waals surface area contributed by atoms with Gasteiger partial charge in [0.05, 0.1) is 0 Å². The van der Waals surface area contributed by atoms with Crippen LogP contribution in [-0.4, -0.2) is 4.57 Å².